The van der Waals surface area contributed by atoms with E-state index >= 15 is 0 Å². The van der Waals surface area contributed by atoms with Crippen molar-refractivity contribution in [1.82, 2.24) is 5.43 Å². The molecule has 0 spiro atoms. The molecule has 1 rings (SSSR count). The van der Waals surface area contributed by atoms with E-state index in [0.29, 0.717) is 12.5 Å². The average molecular weight is 235 g/mol. The summed E-state index contributed by atoms with van der Waals surface area (Å²) in [4.78, 5) is 10.5. The number of nitrogens with zero attached hydrogens (tertiary/aromatic N) is 1. The van der Waals surface area contributed by atoms with Crippen LogP contribution in [0.1, 0.15) is 19.4 Å². The van der Waals surface area contributed by atoms with E-state index in [1.54, 1.807) is 0 Å². The first-order chi connectivity index (χ1) is 8.09. The van der Waals surface area contributed by atoms with Crippen molar-refractivity contribution in [3.05, 3.63) is 29.8 Å². The number of carbonyl (C=O) groups excluding carboxylic acids is 1. The summed E-state index contributed by atoms with van der Waals surface area (Å²) in [5.41, 5.74) is 7.83. The zero-order valence-corrected chi connectivity index (χ0v) is 10.0. The number of nitrogens with two attached hydrogens (primary N) is 1. The first-order valence-electron chi connectivity index (χ1n) is 5.40. The molecular formula is C12H17N3O2. The first kappa shape index (κ1) is 13.0. The second kappa shape index (κ2) is 6.52. The summed E-state index contributed by atoms with van der Waals surface area (Å²) in [6.07, 6.45) is 1.50. The quantitative estimate of drug-likeness (QED) is 0.602. The van der Waals surface area contributed by atoms with Gasteiger partial charge < -0.3 is 10.5 Å². The molecule has 0 aliphatic carbocycles. The lowest BCUT2D eigenvalue weighted by molar-refractivity contribution is 0.249. The maximum absolute atomic E-state index is 10.5. The molecule has 0 aliphatic heterocycles. The normalized spacial score (nSPS) is 10.8. The zero-order chi connectivity index (χ0) is 12.7. The Labute approximate surface area is 101 Å². The molecule has 1 aromatic carbocycles. The number of hydrogen-bond acceptors (Lipinski definition) is 3. The molecule has 3 N–H and O–H groups in total. The number of carbonyl (C=O) groups is 1. The molecule has 0 heterocycles. The lowest BCUT2D eigenvalue weighted by atomic mass is 10.2. The van der Waals surface area contributed by atoms with E-state index in [-0.39, 0.29) is 0 Å². The largest absolute Gasteiger partial charge is 0.493 e. The van der Waals surface area contributed by atoms with Gasteiger partial charge in [-0.3, -0.25) is 0 Å². The van der Waals surface area contributed by atoms with Gasteiger partial charge in [-0.25, -0.2) is 10.2 Å². The van der Waals surface area contributed by atoms with Crippen LogP contribution >= 0.6 is 0 Å². The summed E-state index contributed by atoms with van der Waals surface area (Å²) in [6.45, 7) is 4.78. The van der Waals surface area contributed by atoms with Gasteiger partial charge >= 0.3 is 6.03 Å². The molecule has 0 atom stereocenters. The topological polar surface area (TPSA) is 76.7 Å². The smallest absolute Gasteiger partial charge is 0.332 e. The van der Waals surface area contributed by atoms with Gasteiger partial charge in [-0.05, 0) is 18.1 Å². The number of rotatable bonds is 5. The van der Waals surface area contributed by atoms with Crippen LogP contribution in [0.15, 0.2) is 29.4 Å². The number of ether oxygens (including phenoxy) is 1. The van der Waals surface area contributed by atoms with E-state index in [4.69, 9.17) is 10.5 Å². The number of hydrazone groups is 1. The minimum Gasteiger partial charge on any atom is -0.493 e. The molecule has 0 radical (unpaired) electrons. The highest BCUT2D eigenvalue weighted by Gasteiger charge is 2.01. The van der Waals surface area contributed by atoms with Crippen LogP contribution in [0.5, 0.6) is 5.75 Å². The fraction of sp³-hybridized carbons (Fsp3) is 0.333. The van der Waals surface area contributed by atoms with Crippen LogP contribution in [-0.4, -0.2) is 18.9 Å². The second-order valence-electron chi connectivity index (χ2n) is 3.98. The highest BCUT2D eigenvalue weighted by molar-refractivity contribution is 5.84. The van der Waals surface area contributed by atoms with E-state index in [1.165, 1.54) is 6.21 Å². The molecule has 92 valence electrons. The third-order valence-electron chi connectivity index (χ3n) is 1.87. The molecule has 5 heteroatoms. The number of amides is 2. The van der Waals surface area contributed by atoms with E-state index < -0.39 is 6.03 Å². The minimum absolute atomic E-state index is 0.448. The maximum atomic E-state index is 10.5. The standard InChI is InChI=1S/C12H17N3O2/c1-9(2)8-17-11-6-4-3-5-10(11)7-14-15-12(13)16/h3-7,9H,8H2,1-2H3,(H3,13,15,16)/b14-7-. The summed E-state index contributed by atoms with van der Waals surface area (Å²) in [7, 11) is 0. The highest BCUT2D eigenvalue weighted by Crippen LogP contribution is 2.16. The molecule has 0 aromatic heterocycles. The van der Waals surface area contributed by atoms with Crippen molar-refractivity contribution < 1.29 is 9.53 Å². The molecule has 1 aromatic rings. The number of primary amides is 1. The Morgan fingerprint density at radius 3 is 2.88 bits per heavy atom. The Bertz CT molecular complexity index is 402. The van der Waals surface area contributed by atoms with Gasteiger partial charge in [-0.2, -0.15) is 5.10 Å². The van der Waals surface area contributed by atoms with Crippen molar-refractivity contribution in [3.63, 3.8) is 0 Å². The number of benzene rings is 1. The summed E-state index contributed by atoms with van der Waals surface area (Å²) in [5.74, 6) is 1.18. The van der Waals surface area contributed by atoms with Gasteiger partial charge in [0.05, 0.1) is 12.8 Å². The minimum atomic E-state index is -0.693. The van der Waals surface area contributed by atoms with Crippen molar-refractivity contribution in [2.24, 2.45) is 16.8 Å². The van der Waals surface area contributed by atoms with Gasteiger partial charge in [0.15, 0.2) is 0 Å². The number of para-hydroxylation sites is 1. The predicted molar refractivity (Wildman–Crippen MR) is 67.1 cm³/mol. The van der Waals surface area contributed by atoms with Crippen LogP contribution in [0, 0.1) is 5.92 Å². The molecular weight excluding hydrogens is 218 g/mol. The van der Waals surface area contributed by atoms with E-state index in [2.05, 4.69) is 24.4 Å². The van der Waals surface area contributed by atoms with Gasteiger partial charge in [0.1, 0.15) is 5.75 Å². The second-order valence-corrected chi connectivity index (χ2v) is 3.98. The monoisotopic (exact) mass is 235 g/mol. The molecule has 0 unspecified atom stereocenters. The summed E-state index contributed by atoms with van der Waals surface area (Å²) < 4.78 is 5.62. The molecule has 5 nitrogen and oxygen atoms in total. The van der Waals surface area contributed by atoms with Crippen molar-refractivity contribution in [3.8, 4) is 5.75 Å². The number of hydrogen-bond donors (Lipinski definition) is 2. The van der Waals surface area contributed by atoms with E-state index in [1.807, 2.05) is 24.3 Å². The van der Waals surface area contributed by atoms with Crippen LogP contribution in [0.3, 0.4) is 0 Å². The van der Waals surface area contributed by atoms with Gasteiger partial charge in [-0.1, -0.05) is 26.0 Å². The van der Waals surface area contributed by atoms with E-state index in [9.17, 15) is 4.79 Å². The molecule has 0 aliphatic rings. The fourth-order valence-electron chi connectivity index (χ4n) is 1.14. The molecule has 0 bridgehead atoms. The van der Waals surface area contributed by atoms with Crippen LogP contribution < -0.4 is 15.9 Å². The lowest BCUT2D eigenvalue weighted by Gasteiger charge is -2.10. The third kappa shape index (κ3) is 5.01. The van der Waals surface area contributed by atoms with Crippen LogP contribution in [-0.2, 0) is 0 Å². The van der Waals surface area contributed by atoms with Crippen LogP contribution in [0.25, 0.3) is 0 Å². The fourth-order valence-corrected chi connectivity index (χ4v) is 1.14. The lowest BCUT2D eigenvalue weighted by Crippen LogP contribution is -2.24. The maximum Gasteiger partial charge on any atom is 0.332 e. The van der Waals surface area contributed by atoms with Crippen molar-refractivity contribution >= 4 is 12.2 Å². The Morgan fingerprint density at radius 1 is 1.53 bits per heavy atom. The van der Waals surface area contributed by atoms with Gasteiger partial charge in [-0.15, -0.1) is 0 Å². The van der Waals surface area contributed by atoms with Crippen molar-refractivity contribution in [1.29, 1.82) is 0 Å². The SMILES string of the molecule is CC(C)COc1ccccc1/C=N\NC(N)=O. The molecule has 0 saturated carbocycles. The highest BCUT2D eigenvalue weighted by atomic mass is 16.5. The Morgan fingerprint density at radius 2 is 2.24 bits per heavy atom. The van der Waals surface area contributed by atoms with Crippen molar-refractivity contribution in [2.45, 2.75) is 13.8 Å². The predicted octanol–water partition coefficient (Wildman–Crippen LogP) is 1.72. The van der Waals surface area contributed by atoms with E-state index in [0.717, 1.165) is 11.3 Å². The Balaban J connectivity index is 2.70. The van der Waals surface area contributed by atoms with Gasteiger partial charge in [0.25, 0.3) is 0 Å². The summed E-state index contributed by atoms with van der Waals surface area (Å²) >= 11 is 0. The molecule has 0 fully saturated rings. The molecule has 0 saturated heterocycles. The van der Waals surface area contributed by atoms with Crippen LogP contribution in [0.2, 0.25) is 0 Å². The Hall–Kier alpha value is -2.04. The molecule has 17 heavy (non-hydrogen) atoms. The third-order valence-corrected chi connectivity index (χ3v) is 1.87. The van der Waals surface area contributed by atoms with Gasteiger partial charge in [0, 0.05) is 5.56 Å². The van der Waals surface area contributed by atoms with Gasteiger partial charge in [0.2, 0.25) is 0 Å². The zero-order valence-electron chi connectivity index (χ0n) is 10.0. The number of nitrogens with one attached hydrogen (secondary N) is 1. The summed E-state index contributed by atoms with van der Waals surface area (Å²) in [6, 6.07) is 6.76. The summed E-state index contributed by atoms with van der Waals surface area (Å²) in [5, 5.41) is 3.70. The number of urea groups is 1. The first-order valence-corrected chi connectivity index (χ1v) is 5.40. The average Bonchev–Trinajstić information content (AvgIpc) is 2.27. The molecule has 2 amide bonds. The Kier molecular flexibility index (Phi) is 5.00. The van der Waals surface area contributed by atoms with Crippen LogP contribution in [0.4, 0.5) is 4.79 Å². The van der Waals surface area contributed by atoms with Crippen molar-refractivity contribution in [2.75, 3.05) is 6.61 Å².